The van der Waals surface area contributed by atoms with E-state index in [1.165, 1.54) is 29.5 Å². The minimum absolute atomic E-state index is 1.29. The van der Waals surface area contributed by atoms with Crippen molar-refractivity contribution in [1.29, 1.82) is 0 Å². The van der Waals surface area contributed by atoms with Gasteiger partial charge in [-0.05, 0) is 67.7 Å². The van der Waals surface area contributed by atoms with E-state index in [4.69, 9.17) is 0 Å². The number of benzene rings is 1. The van der Waals surface area contributed by atoms with E-state index < -0.39 is 0 Å². The fourth-order valence-electron chi connectivity index (χ4n) is 1.29. The zero-order valence-electron chi connectivity index (χ0n) is 8.04. The van der Waals surface area contributed by atoms with Crippen LogP contribution in [0.4, 0.5) is 0 Å². The molecule has 0 bridgehead atoms. The molecule has 0 amide bonds. The molecule has 1 aliphatic heterocycles. The third kappa shape index (κ3) is 5.26. The van der Waals surface area contributed by atoms with Crippen molar-refractivity contribution in [1.82, 2.24) is 4.90 Å². The third-order valence-corrected chi connectivity index (χ3v) is 2.78. The van der Waals surface area contributed by atoms with Crippen LogP contribution in [0.3, 0.4) is 0 Å². The molecular weight excluding hydrogens is 273 g/mol. The molecule has 0 unspecified atom stereocenters. The summed E-state index contributed by atoms with van der Waals surface area (Å²) < 4.78 is 1.29. The van der Waals surface area contributed by atoms with Gasteiger partial charge >= 0.3 is 0 Å². The zero-order valence-corrected chi connectivity index (χ0v) is 10.2. The summed E-state index contributed by atoms with van der Waals surface area (Å²) in [5, 5.41) is 0. The monoisotopic (exact) mass is 289 g/mol. The molecule has 0 aliphatic carbocycles. The van der Waals surface area contributed by atoms with Crippen LogP contribution in [0, 0.1) is 3.57 Å². The van der Waals surface area contributed by atoms with E-state index in [9.17, 15) is 0 Å². The molecule has 0 saturated carbocycles. The SMILES string of the molecule is CN1CCCC1.Ic1ccccc1. The maximum Gasteiger partial charge on any atom is 0.0130 e. The fourth-order valence-corrected chi connectivity index (χ4v) is 1.71. The van der Waals surface area contributed by atoms with Crippen LogP contribution >= 0.6 is 22.6 Å². The molecule has 1 fully saturated rings. The molecule has 0 aromatic heterocycles. The topological polar surface area (TPSA) is 3.24 Å². The maximum absolute atomic E-state index is 2.36. The molecular formula is C11H16IN. The van der Waals surface area contributed by atoms with E-state index in [0.29, 0.717) is 0 Å². The first-order chi connectivity index (χ1) is 6.29. The Morgan fingerprint density at radius 3 is 1.85 bits per heavy atom. The van der Waals surface area contributed by atoms with Crippen molar-refractivity contribution in [3.8, 4) is 0 Å². The van der Waals surface area contributed by atoms with E-state index in [2.05, 4.69) is 46.7 Å². The van der Waals surface area contributed by atoms with Crippen LogP contribution in [-0.4, -0.2) is 25.0 Å². The molecule has 1 aromatic carbocycles. The summed E-state index contributed by atoms with van der Waals surface area (Å²) >= 11 is 2.28. The van der Waals surface area contributed by atoms with Crippen LogP contribution in [0.15, 0.2) is 30.3 Å². The van der Waals surface area contributed by atoms with Crippen LogP contribution in [0.25, 0.3) is 0 Å². The van der Waals surface area contributed by atoms with Gasteiger partial charge in [0.05, 0.1) is 0 Å². The molecule has 1 heterocycles. The Morgan fingerprint density at radius 1 is 1.08 bits per heavy atom. The van der Waals surface area contributed by atoms with Crippen LogP contribution in [0.1, 0.15) is 12.8 Å². The molecule has 13 heavy (non-hydrogen) atoms. The summed E-state index contributed by atoms with van der Waals surface area (Å²) in [6.45, 7) is 2.64. The van der Waals surface area contributed by atoms with Gasteiger partial charge in [-0.1, -0.05) is 18.2 Å². The molecule has 0 spiro atoms. The molecule has 1 aliphatic rings. The highest BCUT2D eigenvalue weighted by Gasteiger charge is 2.03. The molecule has 0 N–H and O–H groups in total. The standard InChI is InChI=1S/C6H5I.C5H11N/c7-6-4-2-1-3-5-6;1-6-4-2-3-5-6/h1-5H;2-5H2,1H3. The second-order valence-corrected chi connectivity index (χ2v) is 4.55. The first-order valence-corrected chi connectivity index (χ1v) is 5.76. The van der Waals surface area contributed by atoms with E-state index in [1.807, 2.05) is 18.2 Å². The Balaban J connectivity index is 0.000000132. The lowest BCUT2D eigenvalue weighted by Crippen LogP contribution is -2.10. The van der Waals surface area contributed by atoms with Crippen molar-refractivity contribution in [2.45, 2.75) is 12.8 Å². The van der Waals surface area contributed by atoms with Crippen molar-refractivity contribution in [3.63, 3.8) is 0 Å². The summed E-state index contributed by atoms with van der Waals surface area (Å²) in [5.74, 6) is 0. The lowest BCUT2D eigenvalue weighted by atomic mass is 10.4. The fraction of sp³-hybridized carbons (Fsp3) is 0.455. The Bertz CT molecular complexity index is 217. The smallest absolute Gasteiger partial charge is 0.0130 e. The molecule has 2 heteroatoms. The van der Waals surface area contributed by atoms with E-state index in [1.54, 1.807) is 0 Å². The summed E-state index contributed by atoms with van der Waals surface area (Å²) in [6, 6.07) is 10.2. The van der Waals surface area contributed by atoms with Crippen molar-refractivity contribution in [3.05, 3.63) is 33.9 Å². The minimum Gasteiger partial charge on any atom is -0.306 e. The number of likely N-dealkylation sites (tertiary alicyclic amines) is 1. The third-order valence-electron chi connectivity index (χ3n) is 2.06. The highest BCUT2D eigenvalue weighted by Crippen LogP contribution is 2.02. The van der Waals surface area contributed by atoms with Gasteiger partial charge in [0.1, 0.15) is 0 Å². The highest BCUT2D eigenvalue weighted by atomic mass is 127. The molecule has 1 aromatic rings. The lowest BCUT2D eigenvalue weighted by molar-refractivity contribution is 0.418. The molecule has 1 nitrogen and oxygen atoms in total. The van der Waals surface area contributed by atoms with Crippen molar-refractivity contribution in [2.75, 3.05) is 20.1 Å². The van der Waals surface area contributed by atoms with Gasteiger partial charge in [0.2, 0.25) is 0 Å². The summed E-state index contributed by atoms with van der Waals surface area (Å²) in [7, 11) is 2.17. The summed E-state index contributed by atoms with van der Waals surface area (Å²) in [6.07, 6.45) is 2.83. The van der Waals surface area contributed by atoms with Gasteiger partial charge in [-0.25, -0.2) is 0 Å². The van der Waals surface area contributed by atoms with Gasteiger partial charge < -0.3 is 4.90 Å². The largest absolute Gasteiger partial charge is 0.306 e. The van der Waals surface area contributed by atoms with Gasteiger partial charge in [-0.2, -0.15) is 0 Å². The van der Waals surface area contributed by atoms with E-state index in [-0.39, 0.29) is 0 Å². The molecule has 1 saturated heterocycles. The van der Waals surface area contributed by atoms with Crippen molar-refractivity contribution >= 4 is 22.6 Å². The molecule has 2 rings (SSSR count). The van der Waals surface area contributed by atoms with E-state index in [0.717, 1.165) is 0 Å². The van der Waals surface area contributed by atoms with Crippen LogP contribution in [0.2, 0.25) is 0 Å². The van der Waals surface area contributed by atoms with Gasteiger partial charge in [0.15, 0.2) is 0 Å². The van der Waals surface area contributed by atoms with Crippen LogP contribution < -0.4 is 0 Å². The maximum atomic E-state index is 2.36. The quantitative estimate of drug-likeness (QED) is 0.664. The van der Waals surface area contributed by atoms with Crippen molar-refractivity contribution in [2.24, 2.45) is 0 Å². The number of hydrogen-bond donors (Lipinski definition) is 0. The van der Waals surface area contributed by atoms with Gasteiger partial charge in [-0.15, -0.1) is 0 Å². The Morgan fingerprint density at radius 2 is 1.62 bits per heavy atom. The number of nitrogens with zero attached hydrogens (tertiary/aromatic N) is 1. The average molecular weight is 289 g/mol. The normalized spacial score (nSPS) is 16.5. The molecule has 0 atom stereocenters. The predicted molar refractivity (Wildman–Crippen MR) is 65.9 cm³/mol. The Hall–Kier alpha value is -0.0900. The predicted octanol–water partition coefficient (Wildman–Crippen LogP) is 3.00. The first-order valence-electron chi connectivity index (χ1n) is 4.68. The van der Waals surface area contributed by atoms with Crippen LogP contribution in [0.5, 0.6) is 0 Å². The van der Waals surface area contributed by atoms with Gasteiger partial charge in [0, 0.05) is 3.57 Å². The summed E-state index contributed by atoms with van der Waals surface area (Å²) in [4.78, 5) is 2.36. The minimum atomic E-state index is 1.29. The van der Waals surface area contributed by atoms with Gasteiger partial charge in [-0.3, -0.25) is 0 Å². The first kappa shape index (κ1) is 11.0. The summed E-state index contributed by atoms with van der Waals surface area (Å²) in [5.41, 5.74) is 0. The molecule has 0 radical (unpaired) electrons. The van der Waals surface area contributed by atoms with Crippen LogP contribution in [-0.2, 0) is 0 Å². The zero-order chi connectivity index (χ0) is 9.52. The Kier molecular flexibility index (Phi) is 5.39. The average Bonchev–Trinajstić information content (AvgIpc) is 2.58. The van der Waals surface area contributed by atoms with E-state index >= 15 is 0 Å². The van der Waals surface area contributed by atoms with Gasteiger partial charge in [0.25, 0.3) is 0 Å². The lowest BCUT2D eigenvalue weighted by Gasteiger charge is -2.01. The second-order valence-electron chi connectivity index (χ2n) is 3.31. The second kappa shape index (κ2) is 6.38. The number of rotatable bonds is 0. The molecule has 72 valence electrons. The number of halogens is 1. The highest BCUT2D eigenvalue weighted by molar-refractivity contribution is 14.1. The number of hydrogen-bond acceptors (Lipinski definition) is 1. The van der Waals surface area contributed by atoms with Crippen molar-refractivity contribution < 1.29 is 0 Å². The Labute approximate surface area is 94.3 Å².